The first-order chi connectivity index (χ1) is 4.91. The third-order valence-electron chi connectivity index (χ3n) is 1.44. The second-order valence-corrected chi connectivity index (χ2v) is 2.72. The molecule has 10 heavy (non-hydrogen) atoms. The zero-order valence-electron chi connectivity index (χ0n) is 6.73. The van der Waals surface area contributed by atoms with Crippen LogP contribution in [0.5, 0.6) is 0 Å². The van der Waals surface area contributed by atoms with Crippen molar-refractivity contribution in [3.8, 4) is 0 Å². The Hall–Kier alpha value is 0.350. The van der Waals surface area contributed by atoms with Gasteiger partial charge in [0.2, 0.25) is 0 Å². The van der Waals surface area contributed by atoms with Crippen molar-refractivity contribution in [2.24, 2.45) is 0 Å². The number of nitrogens with one attached hydrogen (secondary N) is 1. The van der Waals surface area contributed by atoms with Gasteiger partial charge in [0, 0.05) is 9.47 Å². The Kier molecular flexibility index (Phi) is 9.68. The molecule has 1 unspecified atom stereocenters. The lowest BCUT2D eigenvalue weighted by Crippen LogP contribution is -2.06. The van der Waals surface area contributed by atoms with Crippen LogP contribution in [0.4, 0.5) is 0 Å². The number of unbranched alkanes of at least 4 members (excludes halogenated alkanes) is 3. The maximum absolute atomic E-state index is 4.85. The van der Waals surface area contributed by atoms with E-state index >= 15 is 0 Å². The maximum atomic E-state index is 4.85. The molecule has 0 bridgehead atoms. The van der Waals surface area contributed by atoms with E-state index in [4.69, 9.17) is 4.52 Å². The molecule has 0 aromatic rings. The monoisotopic (exact) mass is 163 g/mol. The molecule has 1 N–H and O–H groups in total. The molecule has 0 saturated heterocycles. The number of hydrogen-bond donors (Lipinski definition) is 1. The standard InChI is InChI=1S/C7H18NOP/c1-8-6-4-2-3-5-7-9-10/h8H,2-7,10H2,1H3. The van der Waals surface area contributed by atoms with E-state index in [1.165, 1.54) is 25.7 Å². The highest BCUT2D eigenvalue weighted by atomic mass is 31.0. The average Bonchev–Trinajstić information content (AvgIpc) is 1.97. The molecule has 0 aliphatic carbocycles. The molecule has 0 rings (SSSR count). The summed E-state index contributed by atoms with van der Waals surface area (Å²) in [6.45, 7) is 2.02. The highest BCUT2D eigenvalue weighted by molar-refractivity contribution is 7.09. The average molecular weight is 163 g/mol. The van der Waals surface area contributed by atoms with Crippen molar-refractivity contribution in [3.05, 3.63) is 0 Å². The van der Waals surface area contributed by atoms with Crippen LogP contribution in [0.25, 0.3) is 0 Å². The molecule has 1 atom stereocenters. The molecule has 0 amide bonds. The van der Waals surface area contributed by atoms with Gasteiger partial charge in [0.25, 0.3) is 0 Å². The van der Waals surface area contributed by atoms with E-state index in [9.17, 15) is 0 Å². The molecule has 0 radical (unpaired) electrons. The van der Waals surface area contributed by atoms with Gasteiger partial charge in [0.15, 0.2) is 0 Å². The van der Waals surface area contributed by atoms with Crippen molar-refractivity contribution in [3.63, 3.8) is 0 Å². The second kappa shape index (κ2) is 9.35. The summed E-state index contributed by atoms with van der Waals surface area (Å²) in [5, 5.41) is 3.12. The summed E-state index contributed by atoms with van der Waals surface area (Å²) in [5.41, 5.74) is 0. The fourth-order valence-corrected chi connectivity index (χ4v) is 1.01. The van der Waals surface area contributed by atoms with E-state index in [0.717, 1.165) is 13.2 Å². The summed E-state index contributed by atoms with van der Waals surface area (Å²) >= 11 is 0. The molecule has 0 aromatic carbocycles. The highest BCUT2D eigenvalue weighted by Crippen LogP contribution is 2.00. The van der Waals surface area contributed by atoms with Gasteiger partial charge in [-0.05, 0) is 26.4 Å². The van der Waals surface area contributed by atoms with Gasteiger partial charge in [-0.2, -0.15) is 0 Å². The first kappa shape index (κ1) is 10.3. The van der Waals surface area contributed by atoms with Crippen molar-refractivity contribution >= 4 is 9.47 Å². The summed E-state index contributed by atoms with van der Waals surface area (Å²) in [6, 6.07) is 0. The zero-order chi connectivity index (χ0) is 7.66. The predicted octanol–water partition coefficient (Wildman–Crippen LogP) is 1.57. The van der Waals surface area contributed by atoms with Crippen LogP contribution in [0.15, 0.2) is 0 Å². The Labute approximate surface area is 66.0 Å². The largest absolute Gasteiger partial charge is 0.366 e. The quantitative estimate of drug-likeness (QED) is 0.454. The molecular weight excluding hydrogens is 145 g/mol. The van der Waals surface area contributed by atoms with Crippen LogP contribution < -0.4 is 5.32 Å². The molecule has 0 saturated carbocycles. The van der Waals surface area contributed by atoms with Crippen LogP contribution in [0.1, 0.15) is 25.7 Å². The van der Waals surface area contributed by atoms with Crippen molar-refractivity contribution in [2.45, 2.75) is 25.7 Å². The van der Waals surface area contributed by atoms with E-state index in [-0.39, 0.29) is 0 Å². The predicted molar refractivity (Wildman–Crippen MR) is 48.1 cm³/mol. The fourth-order valence-electron chi connectivity index (χ4n) is 0.841. The number of hydrogen-bond acceptors (Lipinski definition) is 2. The SMILES string of the molecule is CNCCCCCCOP. The van der Waals surface area contributed by atoms with Gasteiger partial charge >= 0.3 is 0 Å². The Morgan fingerprint density at radius 3 is 2.50 bits per heavy atom. The van der Waals surface area contributed by atoms with Crippen molar-refractivity contribution in [1.29, 1.82) is 0 Å². The summed E-state index contributed by atoms with van der Waals surface area (Å²) in [7, 11) is 4.27. The van der Waals surface area contributed by atoms with Gasteiger partial charge in [-0.1, -0.05) is 12.8 Å². The molecule has 0 heterocycles. The molecule has 0 aromatic heterocycles. The Bertz CT molecular complexity index is 53.6. The van der Waals surface area contributed by atoms with Gasteiger partial charge in [0.05, 0.1) is 6.61 Å². The van der Waals surface area contributed by atoms with Crippen molar-refractivity contribution in [2.75, 3.05) is 20.2 Å². The minimum absolute atomic E-state index is 0.879. The molecular formula is C7H18NOP. The zero-order valence-corrected chi connectivity index (χ0v) is 7.88. The minimum atomic E-state index is 0.879. The Morgan fingerprint density at radius 1 is 1.20 bits per heavy atom. The maximum Gasteiger partial charge on any atom is 0.0501 e. The summed E-state index contributed by atoms with van der Waals surface area (Å²) in [4.78, 5) is 0. The van der Waals surface area contributed by atoms with Crippen LogP contribution in [-0.2, 0) is 4.52 Å². The minimum Gasteiger partial charge on any atom is -0.366 e. The normalized spacial score (nSPS) is 10.2. The van der Waals surface area contributed by atoms with E-state index < -0.39 is 0 Å². The highest BCUT2D eigenvalue weighted by Gasteiger charge is 1.87. The van der Waals surface area contributed by atoms with Crippen molar-refractivity contribution < 1.29 is 4.52 Å². The topological polar surface area (TPSA) is 21.3 Å². The molecule has 0 fully saturated rings. The Balaban J connectivity index is 2.65. The van der Waals surface area contributed by atoms with E-state index in [1.54, 1.807) is 0 Å². The first-order valence-electron chi connectivity index (χ1n) is 3.88. The first-order valence-corrected chi connectivity index (χ1v) is 4.35. The van der Waals surface area contributed by atoms with Crippen LogP contribution in [0.3, 0.4) is 0 Å². The van der Waals surface area contributed by atoms with Crippen LogP contribution in [0, 0.1) is 0 Å². The lowest BCUT2D eigenvalue weighted by molar-refractivity contribution is 0.353. The lowest BCUT2D eigenvalue weighted by Gasteiger charge is -1.99. The van der Waals surface area contributed by atoms with Gasteiger partial charge in [0.1, 0.15) is 0 Å². The second-order valence-electron chi connectivity index (χ2n) is 2.39. The summed E-state index contributed by atoms with van der Waals surface area (Å²) in [6.07, 6.45) is 5.07. The third kappa shape index (κ3) is 8.35. The van der Waals surface area contributed by atoms with Gasteiger partial charge in [-0.3, -0.25) is 0 Å². The lowest BCUT2D eigenvalue weighted by atomic mass is 10.2. The van der Waals surface area contributed by atoms with Crippen molar-refractivity contribution in [1.82, 2.24) is 5.32 Å². The molecule has 0 aliphatic heterocycles. The summed E-state index contributed by atoms with van der Waals surface area (Å²) < 4.78 is 4.85. The Morgan fingerprint density at radius 2 is 1.90 bits per heavy atom. The smallest absolute Gasteiger partial charge is 0.0501 e. The molecule has 0 aliphatic rings. The van der Waals surface area contributed by atoms with Gasteiger partial charge in [-0.15, -0.1) is 0 Å². The molecule has 0 spiro atoms. The summed E-state index contributed by atoms with van der Waals surface area (Å²) in [5.74, 6) is 0. The molecule has 3 heteroatoms. The third-order valence-corrected chi connectivity index (χ3v) is 1.67. The van der Waals surface area contributed by atoms with E-state index in [2.05, 4.69) is 14.8 Å². The van der Waals surface area contributed by atoms with Gasteiger partial charge in [-0.25, -0.2) is 0 Å². The molecule has 62 valence electrons. The van der Waals surface area contributed by atoms with Crippen LogP contribution >= 0.6 is 9.47 Å². The van der Waals surface area contributed by atoms with Crippen LogP contribution in [0.2, 0.25) is 0 Å². The van der Waals surface area contributed by atoms with E-state index in [0.29, 0.717) is 0 Å². The number of rotatable bonds is 7. The molecule has 2 nitrogen and oxygen atoms in total. The van der Waals surface area contributed by atoms with E-state index in [1.807, 2.05) is 7.05 Å². The van der Waals surface area contributed by atoms with Crippen LogP contribution in [-0.4, -0.2) is 20.2 Å². The van der Waals surface area contributed by atoms with Gasteiger partial charge < -0.3 is 9.84 Å². The fraction of sp³-hybridized carbons (Fsp3) is 1.00.